The van der Waals surface area contributed by atoms with Gasteiger partial charge in [0.15, 0.2) is 0 Å². The van der Waals surface area contributed by atoms with E-state index >= 15 is 0 Å². The van der Waals surface area contributed by atoms with Crippen LogP contribution in [0.3, 0.4) is 0 Å². The van der Waals surface area contributed by atoms with Crippen molar-refractivity contribution in [3.8, 4) is 0 Å². The lowest BCUT2D eigenvalue weighted by Gasteiger charge is -2.33. The molecule has 5 atom stereocenters. The maximum absolute atomic E-state index is 2.62. The van der Waals surface area contributed by atoms with Crippen molar-refractivity contribution in [1.82, 2.24) is 0 Å². The average molecular weight is 290 g/mol. The molecule has 0 nitrogen and oxygen atoms in total. The van der Waals surface area contributed by atoms with E-state index in [1.165, 1.54) is 57.8 Å². The van der Waals surface area contributed by atoms with E-state index in [9.17, 15) is 0 Å². The third-order valence-corrected chi connectivity index (χ3v) is 6.19. The van der Waals surface area contributed by atoms with Crippen LogP contribution in [-0.2, 0) is 0 Å². The van der Waals surface area contributed by atoms with Crippen LogP contribution in [0.25, 0.3) is 0 Å². The van der Waals surface area contributed by atoms with Crippen molar-refractivity contribution >= 4 is 0 Å². The van der Waals surface area contributed by atoms with E-state index in [0.717, 1.165) is 23.7 Å². The Kier molecular flexibility index (Phi) is 6.26. The summed E-state index contributed by atoms with van der Waals surface area (Å²) in [5.74, 6) is 3.79. The summed E-state index contributed by atoms with van der Waals surface area (Å²) in [5, 5.41) is 0. The molecule has 0 spiro atoms. The second kappa shape index (κ2) is 7.75. The Morgan fingerprint density at radius 1 is 1.24 bits per heavy atom. The summed E-state index contributed by atoms with van der Waals surface area (Å²) in [7, 11) is 0. The van der Waals surface area contributed by atoms with Gasteiger partial charge in [-0.1, -0.05) is 65.0 Å². The molecular weight excluding hydrogens is 252 g/mol. The van der Waals surface area contributed by atoms with Gasteiger partial charge >= 0.3 is 0 Å². The average Bonchev–Trinajstić information content (AvgIpc) is 3.20. The van der Waals surface area contributed by atoms with Crippen LogP contribution in [0, 0.1) is 35.5 Å². The maximum Gasteiger partial charge on any atom is 0.0908 e. The zero-order valence-electron chi connectivity index (χ0n) is 14.9. The van der Waals surface area contributed by atoms with Crippen LogP contribution in [-0.4, -0.2) is 0 Å². The van der Waals surface area contributed by atoms with Crippen molar-refractivity contribution in [1.29, 1.82) is 0 Å². The second-order valence-corrected chi connectivity index (χ2v) is 8.24. The lowest BCUT2D eigenvalue weighted by Crippen LogP contribution is -2.25. The third-order valence-electron chi connectivity index (χ3n) is 6.19. The molecule has 21 heavy (non-hydrogen) atoms. The van der Waals surface area contributed by atoms with Gasteiger partial charge in [-0.05, 0) is 42.4 Å². The van der Waals surface area contributed by atoms with Crippen LogP contribution < -0.4 is 0 Å². The molecule has 0 aromatic carbocycles. The van der Waals surface area contributed by atoms with Crippen LogP contribution in [0.5, 0.6) is 0 Å². The maximum atomic E-state index is 2.62. The third kappa shape index (κ3) is 4.80. The number of unbranched alkanes of at least 4 members (excludes halogenated alkanes) is 1. The molecule has 0 heterocycles. The standard InChI is InChI=1S/C21H37/c1-5-9-17(3)11-7-8-13-21(4)14-12-18-15-19(18)16-20(21)10-6-2/h6,12,14,17-20H,5,7-11,13,15-16H2,1-4H3/q+1. The highest BCUT2D eigenvalue weighted by atomic mass is 14.5. The fourth-order valence-corrected chi connectivity index (χ4v) is 4.47. The molecule has 0 aliphatic heterocycles. The Hall–Kier alpha value is -0.390. The largest absolute Gasteiger partial charge is 0.0908 e. The smallest absolute Gasteiger partial charge is 0.0846 e. The van der Waals surface area contributed by atoms with Crippen molar-refractivity contribution in [2.45, 2.75) is 85.5 Å². The summed E-state index contributed by atoms with van der Waals surface area (Å²) < 4.78 is 0. The van der Waals surface area contributed by atoms with Gasteiger partial charge < -0.3 is 0 Å². The zero-order valence-corrected chi connectivity index (χ0v) is 14.9. The minimum atomic E-state index is 0.466. The molecule has 2 aliphatic carbocycles. The molecule has 5 unspecified atom stereocenters. The highest BCUT2D eigenvalue weighted by Crippen LogP contribution is 2.53. The Morgan fingerprint density at radius 2 is 2.05 bits per heavy atom. The van der Waals surface area contributed by atoms with Crippen molar-refractivity contribution in [2.24, 2.45) is 29.1 Å². The van der Waals surface area contributed by atoms with Gasteiger partial charge in [-0.25, -0.2) is 0 Å². The Morgan fingerprint density at radius 3 is 2.76 bits per heavy atom. The van der Waals surface area contributed by atoms with Gasteiger partial charge in [0.2, 0.25) is 0 Å². The van der Waals surface area contributed by atoms with Crippen LogP contribution in [0.2, 0.25) is 0 Å². The topological polar surface area (TPSA) is 0 Å². The molecular formula is C21H37+. The monoisotopic (exact) mass is 289 g/mol. The highest BCUT2D eigenvalue weighted by Gasteiger charge is 2.45. The van der Waals surface area contributed by atoms with E-state index in [1.807, 2.05) is 0 Å². The summed E-state index contributed by atoms with van der Waals surface area (Å²) in [6.45, 7) is 9.52. The first-order valence-electron chi connectivity index (χ1n) is 9.56. The first-order valence-corrected chi connectivity index (χ1v) is 9.56. The zero-order chi connectivity index (χ0) is 15.3. The minimum absolute atomic E-state index is 0.466. The Balaban J connectivity index is 1.81. The first kappa shape index (κ1) is 17.0. The van der Waals surface area contributed by atoms with Crippen molar-refractivity contribution in [2.75, 3.05) is 0 Å². The fourth-order valence-electron chi connectivity index (χ4n) is 4.47. The second-order valence-electron chi connectivity index (χ2n) is 8.24. The molecule has 0 N–H and O–H groups in total. The van der Waals surface area contributed by atoms with Gasteiger partial charge in [-0.3, -0.25) is 0 Å². The molecule has 1 saturated carbocycles. The molecule has 0 amide bonds. The van der Waals surface area contributed by atoms with Crippen molar-refractivity contribution in [3.63, 3.8) is 0 Å². The van der Waals surface area contributed by atoms with E-state index in [4.69, 9.17) is 0 Å². The van der Waals surface area contributed by atoms with Crippen molar-refractivity contribution in [3.05, 3.63) is 18.6 Å². The molecule has 0 saturated heterocycles. The number of fused-ring (bicyclic) bond motifs is 1. The molecule has 0 heteroatoms. The normalized spacial score (nSPS) is 35.9. The highest BCUT2D eigenvalue weighted by molar-refractivity contribution is 5.13. The predicted molar refractivity (Wildman–Crippen MR) is 94.1 cm³/mol. The summed E-state index contributed by atoms with van der Waals surface area (Å²) in [5.41, 5.74) is 0.466. The van der Waals surface area contributed by atoms with E-state index in [1.54, 1.807) is 0 Å². The minimum Gasteiger partial charge on any atom is -0.0846 e. The van der Waals surface area contributed by atoms with Gasteiger partial charge in [-0.15, -0.1) is 0 Å². The summed E-state index contributed by atoms with van der Waals surface area (Å²) in [6.07, 6.45) is 20.3. The molecule has 0 bridgehead atoms. The molecule has 2 aliphatic rings. The molecule has 0 aromatic heterocycles. The first-order chi connectivity index (χ1) is 10.1. The summed E-state index contributed by atoms with van der Waals surface area (Å²) in [6, 6.07) is 0. The van der Waals surface area contributed by atoms with Gasteiger partial charge in [0, 0.05) is 5.92 Å². The van der Waals surface area contributed by atoms with Crippen LogP contribution in [0.15, 0.2) is 12.2 Å². The summed E-state index contributed by atoms with van der Waals surface area (Å²) in [4.78, 5) is 0. The van der Waals surface area contributed by atoms with Crippen LogP contribution in [0.1, 0.15) is 85.5 Å². The van der Waals surface area contributed by atoms with E-state index < -0.39 is 0 Å². The Labute approximate surface area is 133 Å². The lowest BCUT2D eigenvalue weighted by atomic mass is 9.69. The molecule has 2 rings (SSSR count). The molecule has 1 fully saturated rings. The van der Waals surface area contributed by atoms with Crippen LogP contribution in [0.4, 0.5) is 0 Å². The molecule has 120 valence electrons. The van der Waals surface area contributed by atoms with E-state index in [0.29, 0.717) is 5.41 Å². The summed E-state index contributed by atoms with van der Waals surface area (Å²) >= 11 is 0. The van der Waals surface area contributed by atoms with Crippen molar-refractivity contribution < 1.29 is 0 Å². The quantitative estimate of drug-likeness (QED) is 0.248. The number of hydrogen-bond acceptors (Lipinski definition) is 0. The molecule has 0 radical (unpaired) electrons. The number of rotatable bonds is 9. The van der Waals surface area contributed by atoms with Gasteiger partial charge in [0.1, 0.15) is 0 Å². The number of hydrogen-bond donors (Lipinski definition) is 0. The fraction of sp³-hybridized carbons (Fsp3) is 0.857. The van der Waals surface area contributed by atoms with Crippen LogP contribution >= 0.6 is 0 Å². The van der Waals surface area contributed by atoms with Gasteiger partial charge in [0.05, 0.1) is 19.8 Å². The van der Waals surface area contributed by atoms with Gasteiger partial charge in [-0.2, -0.15) is 0 Å². The van der Waals surface area contributed by atoms with E-state index in [-0.39, 0.29) is 0 Å². The predicted octanol–water partition coefficient (Wildman–Crippen LogP) is 6.82. The number of allylic oxidation sites excluding steroid dienone is 2. The molecule has 0 aromatic rings. The Bertz CT molecular complexity index is 329. The van der Waals surface area contributed by atoms with E-state index in [2.05, 4.69) is 46.3 Å². The SMILES string of the molecule is C[CH+]CC1CC2CC2C=CC1(C)CCCCC(C)CCC. The lowest BCUT2D eigenvalue weighted by molar-refractivity contribution is 0.206. The van der Waals surface area contributed by atoms with Gasteiger partial charge in [0.25, 0.3) is 0 Å².